The summed E-state index contributed by atoms with van der Waals surface area (Å²) in [6.07, 6.45) is 6.29. The van der Waals surface area contributed by atoms with Gasteiger partial charge in [0, 0.05) is 13.1 Å². The SMILES string of the molecule is CCCCC(C)NC(=O)c1cncc(NC)n1. The smallest absolute Gasteiger partial charge is 0.271 e. The van der Waals surface area contributed by atoms with Crippen LogP contribution >= 0.6 is 0 Å². The summed E-state index contributed by atoms with van der Waals surface area (Å²) in [6.45, 7) is 4.14. The number of unbranched alkanes of at least 4 members (excludes halogenated alkanes) is 1. The average molecular weight is 236 g/mol. The highest BCUT2D eigenvalue weighted by atomic mass is 16.1. The van der Waals surface area contributed by atoms with Crippen molar-refractivity contribution < 1.29 is 4.79 Å². The summed E-state index contributed by atoms with van der Waals surface area (Å²) in [5.74, 6) is 0.428. The lowest BCUT2D eigenvalue weighted by Crippen LogP contribution is -2.33. The first-order valence-corrected chi connectivity index (χ1v) is 5.98. The Hall–Kier alpha value is -1.65. The van der Waals surface area contributed by atoms with Crippen LogP contribution in [0.4, 0.5) is 5.82 Å². The van der Waals surface area contributed by atoms with E-state index in [1.54, 1.807) is 13.2 Å². The summed E-state index contributed by atoms with van der Waals surface area (Å²) >= 11 is 0. The van der Waals surface area contributed by atoms with Crippen LogP contribution in [0.2, 0.25) is 0 Å². The van der Waals surface area contributed by atoms with Gasteiger partial charge in [-0.3, -0.25) is 9.78 Å². The molecule has 0 fully saturated rings. The molecule has 0 saturated heterocycles. The van der Waals surface area contributed by atoms with E-state index in [0.717, 1.165) is 19.3 Å². The molecule has 1 rings (SSSR count). The van der Waals surface area contributed by atoms with E-state index in [2.05, 4.69) is 27.5 Å². The third kappa shape index (κ3) is 4.38. The predicted molar refractivity (Wildman–Crippen MR) is 68.0 cm³/mol. The molecule has 94 valence electrons. The number of hydrogen-bond donors (Lipinski definition) is 2. The standard InChI is InChI=1S/C12H20N4O/c1-4-5-6-9(2)15-12(17)10-7-14-8-11(13-3)16-10/h7-9H,4-6H2,1-3H3,(H,13,16)(H,15,17). The molecule has 1 aromatic rings. The summed E-state index contributed by atoms with van der Waals surface area (Å²) in [4.78, 5) is 19.9. The first-order valence-electron chi connectivity index (χ1n) is 5.98. The van der Waals surface area contributed by atoms with Crippen molar-refractivity contribution in [2.45, 2.75) is 39.2 Å². The maximum Gasteiger partial charge on any atom is 0.271 e. The van der Waals surface area contributed by atoms with Crippen LogP contribution < -0.4 is 10.6 Å². The third-order valence-corrected chi connectivity index (χ3v) is 2.49. The highest BCUT2D eigenvalue weighted by Crippen LogP contribution is 2.03. The van der Waals surface area contributed by atoms with E-state index < -0.39 is 0 Å². The second-order valence-electron chi connectivity index (χ2n) is 4.06. The zero-order valence-corrected chi connectivity index (χ0v) is 10.7. The Balaban J connectivity index is 2.56. The van der Waals surface area contributed by atoms with Gasteiger partial charge in [0.1, 0.15) is 11.5 Å². The van der Waals surface area contributed by atoms with Crippen molar-refractivity contribution in [1.82, 2.24) is 15.3 Å². The van der Waals surface area contributed by atoms with Gasteiger partial charge in [0.25, 0.3) is 5.91 Å². The number of anilines is 1. The van der Waals surface area contributed by atoms with E-state index >= 15 is 0 Å². The molecule has 0 spiro atoms. The van der Waals surface area contributed by atoms with E-state index in [1.807, 2.05) is 6.92 Å². The fourth-order valence-electron chi connectivity index (χ4n) is 1.48. The van der Waals surface area contributed by atoms with Crippen LogP contribution in [0.25, 0.3) is 0 Å². The van der Waals surface area contributed by atoms with Crippen LogP contribution in [0.15, 0.2) is 12.4 Å². The van der Waals surface area contributed by atoms with Crippen LogP contribution in [0.1, 0.15) is 43.6 Å². The molecule has 0 aliphatic heterocycles. The van der Waals surface area contributed by atoms with Crippen molar-refractivity contribution >= 4 is 11.7 Å². The molecule has 1 heterocycles. The fraction of sp³-hybridized carbons (Fsp3) is 0.583. The topological polar surface area (TPSA) is 66.9 Å². The maximum absolute atomic E-state index is 11.8. The molecule has 0 radical (unpaired) electrons. The molecule has 1 amide bonds. The number of carbonyl (C=O) groups excluding carboxylic acids is 1. The van der Waals surface area contributed by atoms with Gasteiger partial charge in [0.05, 0.1) is 12.4 Å². The maximum atomic E-state index is 11.8. The van der Waals surface area contributed by atoms with Crippen molar-refractivity contribution in [1.29, 1.82) is 0 Å². The monoisotopic (exact) mass is 236 g/mol. The van der Waals surface area contributed by atoms with Crippen molar-refractivity contribution in [3.05, 3.63) is 18.1 Å². The summed E-state index contributed by atoms with van der Waals surface area (Å²) in [6, 6.07) is 0.169. The van der Waals surface area contributed by atoms with Crippen LogP contribution in [-0.4, -0.2) is 29.0 Å². The van der Waals surface area contributed by atoms with Crippen LogP contribution in [0.3, 0.4) is 0 Å². The molecule has 0 aliphatic rings. The van der Waals surface area contributed by atoms with Crippen molar-refractivity contribution in [3.63, 3.8) is 0 Å². The van der Waals surface area contributed by atoms with Crippen molar-refractivity contribution in [3.8, 4) is 0 Å². The van der Waals surface area contributed by atoms with Crippen LogP contribution in [0, 0.1) is 0 Å². The van der Waals surface area contributed by atoms with Gasteiger partial charge >= 0.3 is 0 Å². The Kier molecular flexibility index (Phi) is 5.39. The van der Waals surface area contributed by atoms with Crippen LogP contribution in [0.5, 0.6) is 0 Å². The number of hydrogen-bond acceptors (Lipinski definition) is 4. The fourth-order valence-corrected chi connectivity index (χ4v) is 1.48. The van der Waals surface area contributed by atoms with Gasteiger partial charge < -0.3 is 10.6 Å². The molecular formula is C12H20N4O. The number of nitrogens with one attached hydrogen (secondary N) is 2. The Morgan fingerprint density at radius 1 is 1.47 bits per heavy atom. The van der Waals surface area contributed by atoms with Gasteiger partial charge in [-0.1, -0.05) is 19.8 Å². The lowest BCUT2D eigenvalue weighted by Gasteiger charge is -2.12. The highest BCUT2D eigenvalue weighted by Gasteiger charge is 2.11. The molecule has 0 saturated carbocycles. The largest absolute Gasteiger partial charge is 0.372 e. The second-order valence-corrected chi connectivity index (χ2v) is 4.06. The quantitative estimate of drug-likeness (QED) is 0.790. The lowest BCUT2D eigenvalue weighted by atomic mass is 10.1. The molecule has 2 N–H and O–H groups in total. The van der Waals surface area contributed by atoms with Crippen molar-refractivity contribution in [2.75, 3.05) is 12.4 Å². The van der Waals surface area contributed by atoms with Crippen LogP contribution in [-0.2, 0) is 0 Å². The zero-order valence-electron chi connectivity index (χ0n) is 10.7. The molecule has 0 aromatic carbocycles. The third-order valence-electron chi connectivity index (χ3n) is 2.49. The molecule has 0 aliphatic carbocycles. The minimum Gasteiger partial charge on any atom is -0.372 e. The lowest BCUT2D eigenvalue weighted by molar-refractivity contribution is 0.0932. The first-order chi connectivity index (χ1) is 8.17. The highest BCUT2D eigenvalue weighted by molar-refractivity contribution is 5.92. The van der Waals surface area contributed by atoms with E-state index in [9.17, 15) is 4.79 Å². The Morgan fingerprint density at radius 2 is 2.24 bits per heavy atom. The molecule has 5 nitrogen and oxygen atoms in total. The van der Waals surface area contributed by atoms with Crippen molar-refractivity contribution in [2.24, 2.45) is 0 Å². The van der Waals surface area contributed by atoms with E-state index in [-0.39, 0.29) is 11.9 Å². The number of carbonyl (C=O) groups is 1. The molecular weight excluding hydrogens is 216 g/mol. The van der Waals surface area contributed by atoms with E-state index in [4.69, 9.17) is 0 Å². The first kappa shape index (κ1) is 13.4. The van der Waals surface area contributed by atoms with Gasteiger partial charge in [-0.25, -0.2) is 4.98 Å². The summed E-state index contributed by atoms with van der Waals surface area (Å²) < 4.78 is 0. The molecule has 1 aromatic heterocycles. The van der Waals surface area contributed by atoms with Gasteiger partial charge in [0.2, 0.25) is 0 Å². The number of amides is 1. The minimum atomic E-state index is -0.168. The number of nitrogens with zero attached hydrogens (tertiary/aromatic N) is 2. The van der Waals surface area contributed by atoms with Gasteiger partial charge in [0.15, 0.2) is 0 Å². The molecule has 1 unspecified atom stereocenters. The Labute approximate surface area is 102 Å². The Bertz CT molecular complexity index is 367. The Morgan fingerprint density at radius 3 is 2.88 bits per heavy atom. The minimum absolute atomic E-state index is 0.168. The molecule has 5 heteroatoms. The molecule has 1 atom stereocenters. The average Bonchev–Trinajstić information content (AvgIpc) is 2.36. The normalized spacial score (nSPS) is 11.9. The zero-order chi connectivity index (χ0) is 12.7. The second kappa shape index (κ2) is 6.83. The van der Waals surface area contributed by atoms with E-state index in [0.29, 0.717) is 11.5 Å². The van der Waals surface area contributed by atoms with E-state index in [1.165, 1.54) is 6.20 Å². The number of rotatable bonds is 6. The summed E-state index contributed by atoms with van der Waals surface area (Å²) in [5.41, 5.74) is 0.347. The molecule has 17 heavy (non-hydrogen) atoms. The molecule has 0 bridgehead atoms. The van der Waals surface area contributed by atoms with Gasteiger partial charge in [-0.2, -0.15) is 0 Å². The predicted octanol–water partition coefficient (Wildman–Crippen LogP) is 1.83. The number of aromatic nitrogens is 2. The van der Waals surface area contributed by atoms with Gasteiger partial charge in [-0.15, -0.1) is 0 Å². The van der Waals surface area contributed by atoms with Gasteiger partial charge in [-0.05, 0) is 13.3 Å². The summed E-state index contributed by atoms with van der Waals surface area (Å²) in [7, 11) is 1.75. The summed E-state index contributed by atoms with van der Waals surface area (Å²) in [5, 5.41) is 5.77.